The zero-order valence-corrected chi connectivity index (χ0v) is 11.5. The summed E-state index contributed by atoms with van der Waals surface area (Å²) in [5.41, 5.74) is 1.71. The van der Waals surface area contributed by atoms with Crippen molar-refractivity contribution in [3.63, 3.8) is 0 Å². The van der Waals surface area contributed by atoms with Gasteiger partial charge in [-0.05, 0) is 28.1 Å². The van der Waals surface area contributed by atoms with Crippen molar-refractivity contribution in [2.75, 3.05) is 0 Å². The van der Waals surface area contributed by atoms with Gasteiger partial charge < -0.3 is 4.84 Å². The van der Waals surface area contributed by atoms with Gasteiger partial charge in [-0.1, -0.05) is 41.6 Å². The number of aromatic nitrogens is 1. The molecule has 0 atom stereocenters. The number of benzene rings is 1. The number of nitriles is 1. The van der Waals surface area contributed by atoms with Crippen LogP contribution in [0.25, 0.3) is 0 Å². The van der Waals surface area contributed by atoms with Gasteiger partial charge in [0.1, 0.15) is 10.7 Å². The maximum absolute atomic E-state index is 9.04. The first-order valence-electron chi connectivity index (χ1n) is 5.56. The lowest BCUT2D eigenvalue weighted by Crippen LogP contribution is -1.99. The zero-order valence-electron chi connectivity index (χ0n) is 9.95. The van der Waals surface area contributed by atoms with E-state index < -0.39 is 0 Å². The third-order valence-corrected chi connectivity index (χ3v) is 2.74. The molecular weight excluding hydrogens is 306 g/mol. The molecule has 94 valence electrons. The smallest absolute Gasteiger partial charge is 0.186 e. The predicted octanol–water partition coefficient (Wildman–Crippen LogP) is 3.29. The number of pyridine rings is 1. The standard InChI is InChI=1S/C14H10BrN3O/c15-14-8-4-7-12(17-14)10-19-18-13(9-16)11-5-2-1-3-6-11/h1-8H,10H2/b18-13-. The Kier molecular flexibility index (Phi) is 4.65. The molecule has 0 unspecified atom stereocenters. The van der Waals surface area contributed by atoms with Crippen LogP contribution < -0.4 is 0 Å². The molecule has 0 saturated carbocycles. The molecule has 1 heterocycles. The average Bonchev–Trinajstić information content (AvgIpc) is 2.45. The third-order valence-electron chi connectivity index (χ3n) is 2.29. The molecule has 2 aromatic rings. The highest BCUT2D eigenvalue weighted by molar-refractivity contribution is 9.10. The Morgan fingerprint density at radius 1 is 1.21 bits per heavy atom. The fraction of sp³-hybridized carbons (Fsp3) is 0.0714. The first-order chi connectivity index (χ1) is 9.29. The minimum atomic E-state index is 0.220. The highest BCUT2D eigenvalue weighted by Gasteiger charge is 2.02. The van der Waals surface area contributed by atoms with Crippen LogP contribution in [0.1, 0.15) is 11.3 Å². The lowest BCUT2D eigenvalue weighted by Gasteiger charge is -2.01. The maximum atomic E-state index is 9.04. The van der Waals surface area contributed by atoms with Gasteiger partial charge in [-0.25, -0.2) is 4.98 Å². The van der Waals surface area contributed by atoms with Crippen LogP contribution in [0, 0.1) is 11.3 Å². The van der Waals surface area contributed by atoms with Crippen LogP contribution >= 0.6 is 15.9 Å². The van der Waals surface area contributed by atoms with E-state index in [0.717, 1.165) is 15.9 Å². The van der Waals surface area contributed by atoms with Crippen LogP contribution in [0.5, 0.6) is 0 Å². The number of oxime groups is 1. The molecule has 1 aromatic carbocycles. The number of rotatable bonds is 4. The zero-order chi connectivity index (χ0) is 13.5. The van der Waals surface area contributed by atoms with Crippen molar-refractivity contribution >= 4 is 21.6 Å². The largest absolute Gasteiger partial charge is 0.388 e. The molecule has 0 aliphatic heterocycles. The molecule has 0 radical (unpaired) electrons. The van der Waals surface area contributed by atoms with Crippen molar-refractivity contribution in [3.8, 4) is 6.07 Å². The topological polar surface area (TPSA) is 58.3 Å². The predicted molar refractivity (Wildman–Crippen MR) is 75.3 cm³/mol. The molecule has 2 rings (SSSR count). The summed E-state index contributed by atoms with van der Waals surface area (Å²) >= 11 is 3.28. The number of hydrogen-bond acceptors (Lipinski definition) is 4. The van der Waals surface area contributed by atoms with Gasteiger partial charge in [-0.2, -0.15) is 5.26 Å². The second-order valence-corrected chi connectivity index (χ2v) is 4.46. The van der Waals surface area contributed by atoms with Crippen molar-refractivity contribution in [1.82, 2.24) is 4.98 Å². The first kappa shape index (κ1) is 13.2. The average molecular weight is 316 g/mol. The van der Waals surface area contributed by atoms with Crippen LogP contribution in [-0.2, 0) is 11.4 Å². The Labute approximate surface area is 119 Å². The molecule has 0 amide bonds. The normalized spacial score (nSPS) is 10.8. The van der Waals surface area contributed by atoms with Gasteiger partial charge in [0.05, 0.1) is 5.69 Å². The van der Waals surface area contributed by atoms with E-state index in [4.69, 9.17) is 10.1 Å². The molecule has 0 aliphatic carbocycles. The molecule has 0 bridgehead atoms. The highest BCUT2D eigenvalue weighted by Crippen LogP contribution is 2.08. The van der Waals surface area contributed by atoms with E-state index in [2.05, 4.69) is 26.1 Å². The summed E-state index contributed by atoms with van der Waals surface area (Å²) in [5.74, 6) is 0. The maximum Gasteiger partial charge on any atom is 0.186 e. The van der Waals surface area contributed by atoms with Crippen LogP contribution in [-0.4, -0.2) is 10.7 Å². The molecule has 5 heteroatoms. The Bertz CT molecular complexity index is 620. The Morgan fingerprint density at radius 3 is 2.68 bits per heavy atom. The minimum absolute atomic E-state index is 0.220. The van der Waals surface area contributed by atoms with Crippen molar-refractivity contribution < 1.29 is 4.84 Å². The third kappa shape index (κ3) is 3.90. The van der Waals surface area contributed by atoms with Crippen molar-refractivity contribution in [2.45, 2.75) is 6.61 Å². The second kappa shape index (κ2) is 6.66. The summed E-state index contributed by atoms with van der Waals surface area (Å²) in [5, 5.41) is 12.9. The Balaban J connectivity index is 2.04. The van der Waals surface area contributed by atoms with E-state index in [9.17, 15) is 0 Å². The van der Waals surface area contributed by atoms with Crippen molar-refractivity contribution in [1.29, 1.82) is 5.26 Å². The fourth-order valence-electron chi connectivity index (χ4n) is 1.43. The summed E-state index contributed by atoms with van der Waals surface area (Å²) in [6.07, 6.45) is 0. The van der Waals surface area contributed by atoms with Crippen molar-refractivity contribution in [2.24, 2.45) is 5.16 Å². The van der Waals surface area contributed by atoms with E-state index in [1.54, 1.807) is 0 Å². The van der Waals surface area contributed by atoms with Gasteiger partial charge in [0, 0.05) is 5.56 Å². The Hall–Kier alpha value is -2.19. The summed E-state index contributed by atoms with van der Waals surface area (Å²) in [7, 11) is 0. The number of nitrogens with zero attached hydrogens (tertiary/aromatic N) is 3. The SMILES string of the molecule is N#C/C(=N/OCc1cccc(Br)n1)c1ccccc1. The summed E-state index contributed by atoms with van der Waals surface area (Å²) < 4.78 is 0.737. The number of halogens is 1. The first-order valence-corrected chi connectivity index (χ1v) is 6.36. The summed E-state index contributed by atoms with van der Waals surface area (Å²) in [6.45, 7) is 0.220. The molecule has 1 aromatic heterocycles. The van der Waals surface area contributed by atoms with Crippen LogP contribution in [0.2, 0.25) is 0 Å². The molecule has 0 saturated heterocycles. The van der Waals surface area contributed by atoms with Gasteiger partial charge in [0.2, 0.25) is 0 Å². The van der Waals surface area contributed by atoms with Gasteiger partial charge in [0.25, 0.3) is 0 Å². The quantitative estimate of drug-likeness (QED) is 0.494. The highest BCUT2D eigenvalue weighted by atomic mass is 79.9. The van der Waals surface area contributed by atoms with E-state index in [0.29, 0.717) is 0 Å². The lowest BCUT2D eigenvalue weighted by atomic mass is 10.1. The van der Waals surface area contributed by atoms with E-state index in [-0.39, 0.29) is 12.3 Å². The molecule has 4 nitrogen and oxygen atoms in total. The molecule has 0 aliphatic rings. The van der Waals surface area contributed by atoms with Crippen LogP contribution in [0.4, 0.5) is 0 Å². The summed E-state index contributed by atoms with van der Waals surface area (Å²) in [6, 6.07) is 16.7. The van der Waals surface area contributed by atoms with E-state index >= 15 is 0 Å². The molecule has 0 spiro atoms. The molecular formula is C14H10BrN3O. The number of hydrogen-bond donors (Lipinski definition) is 0. The van der Waals surface area contributed by atoms with Gasteiger partial charge in [-0.3, -0.25) is 0 Å². The van der Waals surface area contributed by atoms with E-state index in [1.165, 1.54) is 0 Å². The van der Waals surface area contributed by atoms with Gasteiger partial charge in [0.15, 0.2) is 12.3 Å². The molecule has 19 heavy (non-hydrogen) atoms. The molecule has 0 fully saturated rings. The van der Waals surface area contributed by atoms with Crippen LogP contribution in [0.3, 0.4) is 0 Å². The van der Waals surface area contributed by atoms with Gasteiger partial charge in [-0.15, -0.1) is 0 Å². The fourth-order valence-corrected chi connectivity index (χ4v) is 1.81. The second-order valence-electron chi connectivity index (χ2n) is 3.64. The Morgan fingerprint density at radius 2 is 2.00 bits per heavy atom. The van der Waals surface area contributed by atoms with Gasteiger partial charge >= 0.3 is 0 Å². The monoisotopic (exact) mass is 315 g/mol. The minimum Gasteiger partial charge on any atom is -0.388 e. The van der Waals surface area contributed by atoms with E-state index in [1.807, 2.05) is 54.6 Å². The van der Waals surface area contributed by atoms with Crippen molar-refractivity contribution in [3.05, 3.63) is 64.4 Å². The summed E-state index contributed by atoms with van der Waals surface area (Å²) in [4.78, 5) is 9.37. The lowest BCUT2D eigenvalue weighted by molar-refractivity contribution is 0.128. The van der Waals surface area contributed by atoms with Crippen LogP contribution in [0.15, 0.2) is 58.3 Å². The molecule has 0 N–H and O–H groups in total.